The number of rotatable bonds is 0. The molecule has 0 atom stereocenters. The van der Waals surface area contributed by atoms with E-state index in [4.69, 9.17) is 4.98 Å². The second-order valence-corrected chi connectivity index (χ2v) is 8.15. The number of ketones is 3. The van der Waals surface area contributed by atoms with Gasteiger partial charge in [-0.2, -0.15) is 0 Å². The molecule has 148 valence electrons. The van der Waals surface area contributed by atoms with Crippen molar-refractivity contribution >= 4 is 39.2 Å². The zero-order chi connectivity index (χ0) is 21.6. The molecule has 1 heterocycles. The fraction of sp³-hybridized carbons (Fsp3) is 0. The minimum atomic E-state index is -0.198. The molecule has 0 saturated heterocycles. The molecular formula is C28H13NO3. The molecule has 0 radical (unpaired) electrons. The van der Waals surface area contributed by atoms with Crippen LogP contribution in [0.3, 0.4) is 0 Å². The molecule has 4 heteroatoms. The third kappa shape index (κ3) is 1.97. The maximum Gasteiger partial charge on any atom is 0.196 e. The van der Waals surface area contributed by atoms with Gasteiger partial charge in [0, 0.05) is 44.2 Å². The van der Waals surface area contributed by atoms with Crippen LogP contribution < -0.4 is 0 Å². The first-order valence-electron chi connectivity index (χ1n) is 10.4. The van der Waals surface area contributed by atoms with E-state index in [0.29, 0.717) is 44.4 Å². The van der Waals surface area contributed by atoms with Crippen LogP contribution >= 0.6 is 0 Å². The van der Waals surface area contributed by atoms with Gasteiger partial charge in [0.1, 0.15) is 0 Å². The molecule has 4 nitrogen and oxygen atoms in total. The molecule has 0 aliphatic heterocycles. The van der Waals surface area contributed by atoms with E-state index in [0.717, 1.165) is 21.9 Å². The summed E-state index contributed by atoms with van der Waals surface area (Å²) in [6.45, 7) is 0. The Labute approximate surface area is 182 Å². The number of aromatic nitrogens is 1. The van der Waals surface area contributed by atoms with Gasteiger partial charge in [0.15, 0.2) is 17.3 Å². The van der Waals surface area contributed by atoms with Crippen LogP contribution in [0.2, 0.25) is 0 Å². The van der Waals surface area contributed by atoms with Crippen molar-refractivity contribution in [3.8, 4) is 11.1 Å². The third-order valence-electron chi connectivity index (χ3n) is 6.55. The monoisotopic (exact) mass is 411 g/mol. The zero-order valence-corrected chi connectivity index (χ0v) is 16.7. The smallest absolute Gasteiger partial charge is 0.196 e. The van der Waals surface area contributed by atoms with E-state index in [9.17, 15) is 14.4 Å². The quantitative estimate of drug-likeness (QED) is 0.315. The summed E-state index contributed by atoms with van der Waals surface area (Å²) in [5, 5.41) is 1.56. The van der Waals surface area contributed by atoms with Gasteiger partial charge in [-0.25, -0.2) is 4.98 Å². The molecule has 32 heavy (non-hydrogen) atoms. The van der Waals surface area contributed by atoms with Crippen LogP contribution in [0.4, 0.5) is 0 Å². The molecule has 5 aromatic rings. The van der Waals surface area contributed by atoms with Gasteiger partial charge in [0.05, 0.1) is 16.6 Å². The van der Waals surface area contributed by atoms with Crippen LogP contribution in [0.1, 0.15) is 47.8 Å². The summed E-state index contributed by atoms with van der Waals surface area (Å²) in [5.74, 6) is -0.397. The van der Waals surface area contributed by atoms with Crippen LogP contribution in [0.5, 0.6) is 0 Å². The Morgan fingerprint density at radius 1 is 0.469 bits per heavy atom. The third-order valence-corrected chi connectivity index (χ3v) is 6.55. The van der Waals surface area contributed by atoms with Crippen LogP contribution in [-0.4, -0.2) is 22.3 Å². The van der Waals surface area contributed by atoms with Gasteiger partial charge < -0.3 is 0 Å². The first-order chi connectivity index (χ1) is 15.6. The van der Waals surface area contributed by atoms with E-state index >= 15 is 0 Å². The molecule has 0 bridgehead atoms. The molecule has 1 aromatic heterocycles. The second-order valence-electron chi connectivity index (χ2n) is 8.15. The van der Waals surface area contributed by atoms with E-state index in [2.05, 4.69) is 0 Å². The number of nitrogens with zero attached hydrogens (tertiary/aromatic N) is 1. The number of benzene rings is 4. The van der Waals surface area contributed by atoms with Gasteiger partial charge in [-0.3, -0.25) is 14.4 Å². The van der Waals surface area contributed by atoms with Gasteiger partial charge in [-0.1, -0.05) is 66.7 Å². The van der Waals surface area contributed by atoms with Gasteiger partial charge in [0.2, 0.25) is 0 Å². The summed E-state index contributed by atoms with van der Waals surface area (Å²) in [5.41, 5.74) is 5.62. The zero-order valence-electron chi connectivity index (χ0n) is 16.7. The number of carbonyl (C=O) groups is 3. The lowest BCUT2D eigenvalue weighted by atomic mass is 9.79. The van der Waals surface area contributed by atoms with Crippen molar-refractivity contribution in [2.45, 2.75) is 0 Å². The Kier molecular flexibility index (Phi) is 3.14. The summed E-state index contributed by atoms with van der Waals surface area (Å²) in [6, 6.07) is 23.5. The molecule has 7 rings (SSSR count). The molecule has 0 unspecified atom stereocenters. The van der Waals surface area contributed by atoms with Crippen LogP contribution in [0.25, 0.3) is 32.9 Å². The summed E-state index contributed by atoms with van der Waals surface area (Å²) >= 11 is 0. The van der Waals surface area contributed by atoms with Gasteiger partial charge >= 0.3 is 0 Å². The normalized spacial score (nSPS) is 13.8. The summed E-state index contributed by atoms with van der Waals surface area (Å²) in [6.07, 6.45) is 0. The molecule has 0 amide bonds. The molecule has 2 aliphatic rings. The van der Waals surface area contributed by atoms with E-state index in [1.807, 2.05) is 48.5 Å². The van der Waals surface area contributed by atoms with E-state index in [-0.39, 0.29) is 17.3 Å². The molecule has 2 aliphatic carbocycles. The number of hydrogen-bond acceptors (Lipinski definition) is 4. The summed E-state index contributed by atoms with van der Waals surface area (Å²) in [7, 11) is 0. The lowest BCUT2D eigenvalue weighted by Gasteiger charge is -2.23. The van der Waals surface area contributed by atoms with Crippen molar-refractivity contribution in [1.29, 1.82) is 0 Å². The Balaban J connectivity index is 1.69. The topological polar surface area (TPSA) is 64.1 Å². The Morgan fingerprint density at radius 2 is 1.06 bits per heavy atom. The van der Waals surface area contributed by atoms with E-state index in [1.54, 1.807) is 30.3 Å². The predicted molar refractivity (Wildman–Crippen MR) is 121 cm³/mol. The van der Waals surface area contributed by atoms with Crippen LogP contribution in [-0.2, 0) is 0 Å². The highest BCUT2D eigenvalue weighted by Gasteiger charge is 2.34. The van der Waals surface area contributed by atoms with Crippen molar-refractivity contribution in [3.63, 3.8) is 0 Å². The van der Waals surface area contributed by atoms with Crippen molar-refractivity contribution < 1.29 is 14.4 Å². The Bertz CT molecular complexity index is 1730. The fourth-order valence-corrected chi connectivity index (χ4v) is 5.15. The maximum absolute atomic E-state index is 13.5. The standard InChI is InChI=1S/C28H13NO3/c30-26-15-7-2-1-6-14(15)22-18-12-13-20-24(25(18)29-21-11-5-10-19(26)23(21)22)28(32)17-9-4-3-8-16(17)27(20)31/h1-13H. The predicted octanol–water partition coefficient (Wildman–Crippen LogP) is 5.37. The van der Waals surface area contributed by atoms with Crippen molar-refractivity contribution in [3.05, 3.63) is 112 Å². The van der Waals surface area contributed by atoms with Crippen LogP contribution in [0.15, 0.2) is 78.9 Å². The maximum atomic E-state index is 13.5. The van der Waals surface area contributed by atoms with Gasteiger partial charge in [-0.15, -0.1) is 0 Å². The Morgan fingerprint density at radius 3 is 1.81 bits per heavy atom. The summed E-state index contributed by atoms with van der Waals surface area (Å²) < 4.78 is 0. The number of pyridine rings is 1. The SMILES string of the molecule is O=C1c2ccccc2C(=O)c2c1ccc1c3c4c(cccc4nc21)C(=O)c1ccccc1-3. The molecule has 4 aromatic carbocycles. The number of fused-ring (bicyclic) bond motifs is 7. The first kappa shape index (κ1) is 17.3. The highest BCUT2D eigenvalue weighted by Crippen LogP contribution is 2.44. The highest BCUT2D eigenvalue weighted by molar-refractivity contribution is 6.34. The minimum Gasteiger partial charge on any atom is -0.289 e. The number of hydrogen-bond donors (Lipinski definition) is 0. The lowest BCUT2D eigenvalue weighted by molar-refractivity contribution is 0.0980. The Hall–Kier alpha value is -4.44. The lowest BCUT2D eigenvalue weighted by Crippen LogP contribution is -2.21. The highest BCUT2D eigenvalue weighted by atomic mass is 16.1. The van der Waals surface area contributed by atoms with Crippen LogP contribution in [0, 0.1) is 0 Å². The van der Waals surface area contributed by atoms with Crippen molar-refractivity contribution in [1.82, 2.24) is 4.98 Å². The summed E-state index contributed by atoms with van der Waals surface area (Å²) in [4.78, 5) is 44.7. The molecule has 0 fully saturated rings. The van der Waals surface area contributed by atoms with Crippen molar-refractivity contribution in [2.24, 2.45) is 0 Å². The van der Waals surface area contributed by atoms with Gasteiger partial charge in [-0.05, 0) is 17.7 Å². The average molecular weight is 411 g/mol. The molecule has 0 N–H and O–H groups in total. The largest absolute Gasteiger partial charge is 0.289 e. The second kappa shape index (κ2) is 5.83. The van der Waals surface area contributed by atoms with Gasteiger partial charge in [0.25, 0.3) is 0 Å². The first-order valence-corrected chi connectivity index (χ1v) is 10.4. The minimum absolute atomic E-state index is 0.0296. The van der Waals surface area contributed by atoms with Crippen molar-refractivity contribution in [2.75, 3.05) is 0 Å². The molecule has 0 saturated carbocycles. The van der Waals surface area contributed by atoms with E-state index < -0.39 is 0 Å². The van der Waals surface area contributed by atoms with E-state index in [1.165, 1.54) is 0 Å². The molecule has 0 spiro atoms. The average Bonchev–Trinajstić information content (AvgIpc) is 2.84. The number of carbonyl (C=O) groups excluding carboxylic acids is 3. The fourth-order valence-electron chi connectivity index (χ4n) is 5.15. The molecular weight excluding hydrogens is 398 g/mol.